The third-order valence-electron chi connectivity index (χ3n) is 2.67. The van der Waals surface area contributed by atoms with Gasteiger partial charge in [-0.05, 0) is 5.56 Å². The van der Waals surface area contributed by atoms with E-state index in [-0.39, 0.29) is 0 Å². The maximum atomic E-state index is 12.1. The van der Waals surface area contributed by atoms with Crippen LogP contribution in [0.5, 0.6) is 0 Å². The molecule has 0 saturated carbocycles. The molecule has 0 aliphatic carbocycles. The summed E-state index contributed by atoms with van der Waals surface area (Å²) in [4.78, 5) is 0. The van der Waals surface area contributed by atoms with Crippen LogP contribution in [-0.4, -0.2) is 37.2 Å². The van der Waals surface area contributed by atoms with E-state index in [0.29, 0.717) is 19.6 Å². The fraction of sp³-hybridized carbons (Fsp3) is 0.500. The number of hydrogen-bond acceptors (Lipinski definition) is 2. The van der Waals surface area contributed by atoms with Crippen molar-refractivity contribution in [2.75, 3.05) is 20.1 Å². The summed E-state index contributed by atoms with van der Waals surface area (Å²) in [6, 6.07) is 9.59. The van der Waals surface area contributed by atoms with Crippen LogP contribution >= 0.6 is 0 Å². The fourth-order valence-corrected chi connectivity index (χ4v) is 3.03. The lowest BCUT2D eigenvalue weighted by Gasteiger charge is -2.25. The van der Waals surface area contributed by atoms with Gasteiger partial charge >= 0.3 is 0 Å². The Kier molecular flexibility index (Phi) is 5.11. The second-order valence-electron chi connectivity index (χ2n) is 3.83. The van der Waals surface area contributed by atoms with Gasteiger partial charge < -0.3 is 0 Å². The van der Waals surface area contributed by atoms with Crippen LogP contribution in [0.3, 0.4) is 0 Å². The zero-order valence-electron chi connectivity index (χ0n) is 10.6. The molecule has 0 aromatic heterocycles. The van der Waals surface area contributed by atoms with Crippen LogP contribution in [0, 0.1) is 0 Å². The highest BCUT2D eigenvalue weighted by atomic mass is 32.2. The minimum absolute atomic E-state index is 0.402. The van der Waals surface area contributed by atoms with Gasteiger partial charge in [0.25, 0.3) is 10.2 Å². The summed E-state index contributed by atoms with van der Waals surface area (Å²) in [6.45, 7) is 5.09. The Morgan fingerprint density at radius 3 is 2.06 bits per heavy atom. The topological polar surface area (TPSA) is 40.6 Å². The van der Waals surface area contributed by atoms with E-state index in [2.05, 4.69) is 0 Å². The summed E-state index contributed by atoms with van der Waals surface area (Å²) in [5.41, 5.74) is 0.991. The lowest BCUT2D eigenvalue weighted by Crippen LogP contribution is -2.41. The predicted molar refractivity (Wildman–Crippen MR) is 69.7 cm³/mol. The van der Waals surface area contributed by atoms with Crippen LogP contribution in [0.4, 0.5) is 0 Å². The standard InChI is InChI=1S/C12H20N2O2S/c1-4-14(5-2)17(15,16)13(3)11-12-9-7-6-8-10-12/h6-10H,4-5,11H2,1-3H3. The molecule has 1 aromatic carbocycles. The van der Waals surface area contributed by atoms with Gasteiger partial charge in [-0.15, -0.1) is 0 Å². The minimum Gasteiger partial charge on any atom is -0.195 e. The van der Waals surface area contributed by atoms with Crippen LogP contribution in [-0.2, 0) is 16.8 Å². The van der Waals surface area contributed by atoms with Crippen molar-refractivity contribution in [3.05, 3.63) is 35.9 Å². The maximum absolute atomic E-state index is 12.1. The Morgan fingerprint density at radius 2 is 1.59 bits per heavy atom. The summed E-state index contributed by atoms with van der Waals surface area (Å²) in [5.74, 6) is 0. The molecular formula is C12H20N2O2S. The van der Waals surface area contributed by atoms with Crippen molar-refractivity contribution in [2.45, 2.75) is 20.4 Å². The SMILES string of the molecule is CCN(CC)S(=O)(=O)N(C)Cc1ccccc1. The fourth-order valence-electron chi connectivity index (χ4n) is 1.67. The van der Waals surface area contributed by atoms with Gasteiger partial charge in [0.15, 0.2) is 0 Å². The van der Waals surface area contributed by atoms with Crippen LogP contribution in [0.1, 0.15) is 19.4 Å². The van der Waals surface area contributed by atoms with Gasteiger partial charge in [-0.3, -0.25) is 0 Å². The normalized spacial score (nSPS) is 12.3. The van der Waals surface area contributed by atoms with Crippen LogP contribution < -0.4 is 0 Å². The van der Waals surface area contributed by atoms with E-state index in [1.807, 2.05) is 44.2 Å². The summed E-state index contributed by atoms with van der Waals surface area (Å²) in [7, 11) is -1.72. The van der Waals surface area contributed by atoms with E-state index in [1.54, 1.807) is 7.05 Å². The molecule has 96 valence electrons. The number of nitrogens with zero attached hydrogens (tertiary/aromatic N) is 2. The molecule has 1 rings (SSSR count). The Hall–Kier alpha value is -0.910. The molecule has 0 spiro atoms. The number of rotatable bonds is 6. The monoisotopic (exact) mass is 256 g/mol. The van der Waals surface area contributed by atoms with Crippen molar-refractivity contribution in [1.82, 2.24) is 8.61 Å². The van der Waals surface area contributed by atoms with Gasteiger partial charge in [0.2, 0.25) is 0 Å². The van der Waals surface area contributed by atoms with Gasteiger partial charge in [0.05, 0.1) is 0 Å². The maximum Gasteiger partial charge on any atom is 0.282 e. The second kappa shape index (κ2) is 6.14. The molecule has 0 radical (unpaired) electrons. The van der Waals surface area contributed by atoms with Gasteiger partial charge in [-0.25, -0.2) is 0 Å². The highest BCUT2D eigenvalue weighted by Gasteiger charge is 2.23. The molecule has 0 atom stereocenters. The van der Waals surface area contributed by atoms with E-state index in [9.17, 15) is 8.42 Å². The van der Waals surface area contributed by atoms with E-state index in [0.717, 1.165) is 5.56 Å². The molecule has 5 heteroatoms. The summed E-state index contributed by atoms with van der Waals surface area (Å²) in [5, 5.41) is 0. The Labute approximate surface area is 104 Å². The molecule has 0 heterocycles. The molecule has 1 aromatic rings. The molecule has 0 fully saturated rings. The molecule has 0 amide bonds. The van der Waals surface area contributed by atoms with E-state index >= 15 is 0 Å². The van der Waals surface area contributed by atoms with Gasteiger partial charge in [-0.2, -0.15) is 17.0 Å². The van der Waals surface area contributed by atoms with Crippen molar-refractivity contribution in [3.8, 4) is 0 Å². The largest absolute Gasteiger partial charge is 0.282 e. The summed E-state index contributed by atoms with van der Waals surface area (Å²) >= 11 is 0. The van der Waals surface area contributed by atoms with Gasteiger partial charge in [-0.1, -0.05) is 44.2 Å². The van der Waals surface area contributed by atoms with Crippen LogP contribution in [0.25, 0.3) is 0 Å². The van der Waals surface area contributed by atoms with Crippen molar-refractivity contribution in [1.29, 1.82) is 0 Å². The molecule has 4 nitrogen and oxygen atoms in total. The molecule has 0 bridgehead atoms. The molecule has 0 aliphatic heterocycles. The highest BCUT2D eigenvalue weighted by molar-refractivity contribution is 7.86. The Bertz CT molecular complexity index is 427. The third-order valence-corrected chi connectivity index (χ3v) is 4.76. The molecule has 17 heavy (non-hydrogen) atoms. The summed E-state index contributed by atoms with van der Waals surface area (Å²) < 4.78 is 27.1. The van der Waals surface area contributed by atoms with Gasteiger partial charge in [0.1, 0.15) is 0 Å². The Morgan fingerprint density at radius 1 is 1.06 bits per heavy atom. The number of hydrogen-bond donors (Lipinski definition) is 0. The quantitative estimate of drug-likeness (QED) is 0.777. The van der Waals surface area contributed by atoms with Crippen molar-refractivity contribution >= 4 is 10.2 Å². The third kappa shape index (κ3) is 3.52. The molecular weight excluding hydrogens is 236 g/mol. The lowest BCUT2D eigenvalue weighted by molar-refractivity contribution is 0.375. The van der Waals surface area contributed by atoms with Crippen molar-refractivity contribution in [3.63, 3.8) is 0 Å². The minimum atomic E-state index is -3.33. The summed E-state index contributed by atoms with van der Waals surface area (Å²) in [6.07, 6.45) is 0. The van der Waals surface area contributed by atoms with Crippen LogP contribution in [0.2, 0.25) is 0 Å². The van der Waals surface area contributed by atoms with Crippen molar-refractivity contribution < 1.29 is 8.42 Å². The van der Waals surface area contributed by atoms with E-state index in [1.165, 1.54) is 8.61 Å². The molecule has 0 unspecified atom stereocenters. The lowest BCUT2D eigenvalue weighted by atomic mass is 10.2. The smallest absolute Gasteiger partial charge is 0.195 e. The molecule has 0 saturated heterocycles. The Balaban J connectivity index is 2.80. The zero-order valence-corrected chi connectivity index (χ0v) is 11.4. The van der Waals surface area contributed by atoms with Crippen LogP contribution in [0.15, 0.2) is 30.3 Å². The first-order chi connectivity index (χ1) is 8.02. The average molecular weight is 256 g/mol. The highest BCUT2D eigenvalue weighted by Crippen LogP contribution is 2.10. The van der Waals surface area contributed by atoms with E-state index < -0.39 is 10.2 Å². The first-order valence-corrected chi connectivity index (χ1v) is 7.17. The van der Waals surface area contributed by atoms with Crippen molar-refractivity contribution in [2.24, 2.45) is 0 Å². The first kappa shape index (κ1) is 14.2. The average Bonchev–Trinajstić information content (AvgIpc) is 2.31. The number of benzene rings is 1. The molecule has 0 N–H and O–H groups in total. The molecule has 0 aliphatic rings. The van der Waals surface area contributed by atoms with Gasteiger partial charge in [0, 0.05) is 26.7 Å². The zero-order chi connectivity index (χ0) is 12.9. The van der Waals surface area contributed by atoms with E-state index in [4.69, 9.17) is 0 Å². The second-order valence-corrected chi connectivity index (χ2v) is 5.87. The predicted octanol–water partition coefficient (Wildman–Crippen LogP) is 1.70. The first-order valence-electron chi connectivity index (χ1n) is 5.77.